The van der Waals surface area contributed by atoms with Gasteiger partial charge in [-0.2, -0.15) is 10.2 Å². The Labute approximate surface area is 120 Å². The van der Waals surface area contributed by atoms with E-state index in [2.05, 4.69) is 15.3 Å². The minimum atomic E-state index is -0.00609. The fourth-order valence-electron chi connectivity index (χ4n) is 2.11. The predicted octanol–water partition coefficient (Wildman–Crippen LogP) is 2.26. The van der Waals surface area contributed by atoms with Gasteiger partial charge in [0.2, 0.25) is 0 Å². The van der Waals surface area contributed by atoms with Crippen LogP contribution in [0, 0.1) is 4.77 Å². The number of amides is 1. The molecule has 1 aliphatic rings. The van der Waals surface area contributed by atoms with Crippen molar-refractivity contribution in [3.05, 3.63) is 29.0 Å². The molecule has 2 aromatic rings. The van der Waals surface area contributed by atoms with Gasteiger partial charge in [0.05, 0.1) is 12.1 Å². The summed E-state index contributed by atoms with van der Waals surface area (Å²) in [5, 5.41) is 12.6. The maximum atomic E-state index is 11.8. The highest BCUT2D eigenvalue weighted by Crippen LogP contribution is 2.24. The van der Waals surface area contributed by atoms with E-state index in [1.165, 1.54) is 5.01 Å². The maximum absolute atomic E-state index is 11.8. The second-order valence-electron chi connectivity index (χ2n) is 4.68. The van der Waals surface area contributed by atoms with Crippen molar-refractivity contribution in [3.8, 4) is 11.4 Å². The third-order valence-corrected chi connectivity index (χ3v) is 3.53. The third kappa shape index (κ3) is 2.05. The van der Waals surface area contributed by atoms with Crippen LogP contribution < -0.4 is 5.01 Å². The number of nitrogens with one attached hydrogen (secondary N) is 1. The summed E-state index contributed by atoms with van der Waals surface area (Å²) in [5.74, 6) is 0.752. The molecule has 1 aliphatic heterocycles. The van der Waals surface area contributed by atoms with Gasteiger partial charge in [-0.15, -0.1) is 0 Å². The van der Waals surface area contributed by atoms with Gasteiger partial charge in [-0.1, -0.05) is 0 Å². The quantitative estimate of drug-likeness (QED) is 0.862. The molecular weight excluding hydrogens is 274 g/mol. The molecule has 0 atom stereocenters. The zero-order valence-corrected chi connectivity index (χ0v) is 11.9. The van der Waals surface area contributed by atoms with Crippen LogP contribution in [0.15, 0.2) is 29.4 Å². The third-order valence-electron chi connectivity index (χ3n) is 3.16. The van der Waals surface area contributed by atoms with E-state index in [4.69, 9.17) is 12.2 Å². The summed E-state index contributed by atoms with van der Waals surface area (Å²) in [6.45, 7) is 1.85. The van der Waals surface area contributed by atoms with Gasteiger partial charge in [0.1, 0.15) is 0 Å². The highest BCUT2D eigenvalue weighted by molar-refractivity contribution is 7.71. The molecule has 1 aromatic heterocycles. The average Bonchev–Trinajstić information content (AvgIpc) is 2.94. The molecular formula is C13H13N5OS. The summed E-state index contributed by atoms with van der Waals surface area (Å²) in [4.78, 5) is 11.8. The highest BCUT2D eigenvalue weighted by atomic mass is 32.1. The number of aromatic amines is 1. The molecule has 0 bridgehead atoms. The van der Waals surface area contributed by atoms with Crippen LogP contribution in [0.5, 0.6) is 0 Å². The van der Waals surface area contributed by atoms with E-state index in [0.29, 0.717) is 11.2 Å². The van der Waals surface area contributed by atoms with Gasteiger partial charge in [0.25, 0.3) is 5.91 Å². The summed E-state index contributed by atoms with van der Waals surface area (Å²) in [6, 6.07) is 7.51. The number of H-pyrrole nitrogens is 1. The molecule has 102 valence electrons. The molecule has 0 radical (unpaired) electrons. The summed E-state index contributed by atoms with van der Waals surface area (Å²) >= 11 is 5.09. The van der Waals surface area contributed by atoms with Crippen molar-refractivity contribution >= 4 is 29.5 Å². The molecule has 1 N–H and O–H groups in total. The largest absolute Gasteiger partial charge is 0.303 e. The number of carbonyl (C=O) groups excluding carboxylic acids is 1. The Kier molecular flexibility index (Phi) is 2.98. The normalized spacial score (nSPS) is 14.8. The van der Waals surface area contributed by atoms with Gasteiger partial charge in [-0.3, -0.25) is 9.89 Å². The van der Waals surface area contributed by atoms with E-state index < -0.39 is 0 Å². The second-order valence-corrected chi connectivity index (χ2v) is 5.06. The fourth-order valence-corrected chi connectivity index (χ4v) is 2.25. The number of aromatic nitrogens is 3. The van der Waals surface area contributed by atoms with Crippen LogP contribution in [0.1, 0.15) is 13.3 Å². The Hall–Kier alpha value is -2.28. The standard InChI is InChI=1S/C13H13N5OS/c1-8-7-11(19)18(16-8)10-5-3-9(4-6-10)12-14-15-13(20)17(12)2/h3-6H,7H2,1-2H3,(H,15,20). The van der Waals surface area contributed by atoms with Gasteiger partial charge in [0.15, 0.2) is 10.6 Å². The van der Waals surface area contributed by atoms with Gasteiger partial charge in [-0.05, 0) is 43.4 Å². The van der Waals surface area contributed by atoms with E-state index in [-0.39, 0.29) is 5.91 Å². The van der Waals surface area contributed by atoms with Crippen molar-refractivity contribution in [2.45, 2.75) is 13.3 Å². The van der Waals surface area contributed by atoms with E-state index in [9.17, 15) is 4.79 Å². The molecule has 0 spiro atoms. The van der Waals surface area contributed by atoms with Crippen molar-refractivity contribution in [3.63, 3.8) is 0 Å². The van der Waals surface area contributed by atoms with E-state index in [1.54, 1.807) is 4.57 Å². The Morgan fingerprint density at radius 3 is 2.50 bits per heavy atom. The number of hydrazone groups is 1. The molecule has 0 saturated carbocycles. The topological polar surface area (TPSA) is 66.3 Å². The Bertz CT molecular complexity index is 756. The van der Waals surface area contributed by atoms with Crippen LogP contribution in [0.2, 0.25) is 0 Å². The van der Waals surface area contributed by atoms with E-state index in [0.717, 1.165) is 22.8 Å². The van der Waals surface area contributed by atoms with Crippen molar-refractivity contribution < 1.29 is 4.79 Å². The second kappa shape index (κ2) is 4.68. The van der Waals surface area contributed by atoms with Crippen molar-refractivity contribution in [1.82, 2.24) is 14.8 Å². The molecule has 3 rings (SSSR count). The van der Waals surface area contributed by atoms with Crippen LogP contribution >= 0.6 is 12.2 Å². The first-order chi connectivity index (χ1) is 9.56. The average molecular weight is 287 g/mol. The number of hydrogen-bond donors (Lipinski definition) is 1. The molecule has 0 saturated heterocycles. The summed E-state index contributed by atoms with van der Waals surface area (Å²) in [6.07, 6.45) is 0.384. The minimum Gasteiger partial charge on any atom is -0.303 e. The minimum absolute atomic E-state index is 0.00609. The molecule has 1 aromatic carbocycles. The van der Waals surface area contributed by atoms with Crippen molar-refractivity contribution in [2.75, 3.05) is 5.01 Å². The number of hydrogen-bond acceptors (Lipinski definition) is 4. The Morgan fingerprint density at radius 1 is 1.30 bits per heavy atom. The molecule has 20 heavy (non-hydrogen) atoms. The first kappa shape index (κ1) is 12.7. The van der Waals surface area contributed by atoms with Gasteiger partial charge >= 0.3 is 0 Å². The van der Waals surface area contributed by atoms with Gasteiger partial charge in [-0.25, -0.2) is 5.01 Å². The SMILES string of the molecule is CC1=NN(c2ccc(-c3n[nH]c(=S)n3C)cc2)C(=O)C1. The number of anilines is 1. The molecule has 2 heterocycles. The maximum Gasteiger partial charge on any atom is 0.253 e. The fraction of sp³-hybridized carbons (Fsp3) is 0.231. The Morgan fingerprint density at radius 2 is 2.00 bits per heavy atom. The summed E-state index contributed by atoms with van der Waals surface area (Å²) in [7, 11) is 1.85. The lowest BCUT2D eigenvalue weighted by atomic mass is 10.2. The first-order valence-electron chi connectivity index (χ1n) is 6.15. The molecule has 6 nitrogen and oxygen atoms in total. The summed E-state index contributed by atoms with van der Waals surface area (Å²) < 4.78 is 2.37. The van der Waals surface area contributed by atoms with Crippen LogP contribution in [-0.2, 0) is 11.8 Å². The van der Waals surface area contributed by atoms with Crippen LogP contribution in [0.4, 0.5) is 5.69 Å². The predicted molar refractivity (Wildman–Crippen MR) is 79.0 cm³/mol. The Balaban J connectivity index is 1.94. The molecule has 0 aliphatic carbocycles. The van der Waals surface area contributed by atoms with E-state index >= 15 is 0 Å². The number of carbonyl (C=O) groups is 1. The molecule has 0 fully saturated rings. The number of rotatable bonds is 2. The zero-order valence-electron chi connectivity index (χ0n) is 11.1. The summed E-state index contributed by atoms with van der Waals surface area (Å²) in [5.41, 5.74) is 2.51. The van der Waals surface area contributed by atoms with E-state index in [1.807, 2.05) is 38.2 Å². The van der Waals surface area contributed by atoms with Crippen LogP contribution in [0.3, 0.4) is 0 Å². The molecule has 7 heteroatoms. The highest BCUT2D eigenvalue weighted by Gasteiger charge is 2.22. The lowest BCUT2D eigenvalue weighted by Gasteiger charge is -2.12. The first-order valence-corrected chi connectivity index (χ1v) is 6.56. The lowest BCUT2D eigenvalue weighted by Crippen LogP contribution is -2.19. The zero-order chi connectivity index (χ0) is 14.3. The number of benzene rings is 1. The molecule has 0 unspecified atom stereocenters. The van der Waals surface area contributed by atoms with Crippen LogP contribution in [-0.4, -0.2) is 26.4 Å². The van der Waals surface area contributed by atoms with Crippen molar-refractivity contribution in [2.24, 2.45) is 12.1 Å². The smallest absolute Gasteiger partial charge is 0.253 e. The monoisotopic (exact) mass is 287 g/mol. The molecule has 1 amide bonds. The van der Waals surface area contributed by atoms with Crippen molar-refractivity contribution in [1.29, 1.82) is 0 Å². The van der Waals surface area contributed by atoms with Gasteiger partial charge in [0, 0.05) is 18.3 Å². The lowest BCUT2D eigenvalue weighted by molar-refractivity contribution is -0.116. The number of nitrogens with zero attached hydrogens (tertiary/aromatic N) is 4. The van der Waals surface area contributed by atoms with Gasteiger partial charge < -0.3 is 4.57 Å². The van der Waals surface area contributed by atoms with Crippen LogP contribution in [0.25, 0.3) is 11.4 Å².